The van der Waals surface area contributed by atoms with Crippen molar-refractivity contribution in [1.29, 1.82) is 0 Å². The van der Waals surface area contributed by atoms with E-state index >= 15 is 0 Å². The van der Waals surface area contributed by atoms with Crippen molar-refractivity contribution in [2.75, 3.05) is 14.2 Å². The van der Waals surface area contributed by atoms with Gasteiger partial charge in [-0.2, -0.15) is 0 Å². The van der Waals surface area contributed by atoms with Crippen LogP contribution in [0.15, 0.2) is 40.9 Å². The van der Waals surface area contributed by atoms with E-state index in [1.165, 1.54) is 0 Å². The summed E-state index contributed by atoms with van der Waals surface area (Å²) in [4.78, 5) is 0. The summed E-state index contributed by atoms with van der Waals surface area (Å²) in [5.74, 6) is 0.861. The van der Waals surface area contributed by atoms with Crippen molar-refractivity contribution >= 4 is 27.5 Å². The third-order valence-electron chi connectivity index (χ3n) is 3.31. The monoisotopic (exact) mass is 353 g/mol. The number of rotatable bonds is 4. The lowest BCUT2D eigenvalue weighted by molar-refractivity contribution is 0.405. The third-order valence-corrected chi connectivity index (χ3v) is 4.22. The van der Waals surface area contributed by atoms with Gasteiger partial charge >= 0.3 is 0 Å². The molecule has 2 rings (SSSR count). The van der Waals surface area contributed by atoms with E-state index in [1.807, 2.05) is 38.2 Å². The van der Waals surface area contributed by atoms with Gasteiger partial charge in [-0.1, -0.05) is 39.7 Å². The summed E-state index contributed by atoms with van der Waals surface area (Å²) in [6.45, 7) is 2.01. The molecule has 0 amide bonds. The molecule has 2 aromatic rings. The van der Waals surface area contributed by atoms with Crippen LogP contribution in [0.2, 0.25) is 5.02 Å². The van der Waals surface area contributed by atoms with Crippen LogP contribution in [0.25, 0.3) is 0 Å². The zero-order chi connectivity index (χ0) is 14.7. The number of hydrogen-bond donors (Lipinski definition) is 1. The SMILES string of the molecule is CNC(c1ccc(Cl)c(C)c1)c1cc(Br)ccc1OC. The minimum atomic E-state index is 0.0541. The van der Waals surface area contributed by atoms with E-state index in [4.69, 9.17) is 16.3 Å². The van der Waals surface area contributed by atoms with Gasteiger partial charge in [0.2, 0.25) is 0 Å². The van der Waals surface area contributed by atoms with Crippen molar-refractivity contribution < 1.29 is 4.74 Å². The Morgan fingerprint density at radius 1 is 1.20 bits per heavy atom. The zero-order valence-electron chi connectivity index (χ0n) is 11.7. The highest BCUT2D eigenvalue weighted by atomic mass is 79.9. The normalized spacial score (nSPS) is 12.2. The van der Waals surface area contributed by atoms with E-state index in [0.29, 0.717) is 0 Å². The number of ether oxygens (including phenoxy) is 1. The number of benzene rings is 2. The van der Waals surface area contributed by atoms with Crippen LogP contribution in [0.4, 0.5) is 0 Å². The highest BCUT2D eigenvalue weighted by Gasteiger charge is 2.17. The average Bonchev–Trinajstić information content (AvgIpc) is 2.44. The Morgan fingerprint density at radius 2 is 1.95 bits per heavy atom. The molecule has 1 N–H and O–H groups in total. The van der Waals surface area contributed by atoms with Crippen LogP contribution < -0.4 is 10.1 Å². The predicted molar refractivity (Wildman–Crippen MR) is 87.8 cm³/mol. The van der Waals surface area contributed by atoms with Gasteiger partial charge in [0, 0.05) is 15.1 Å². The molecule has 1 unspecified atom stereocenters. The van der Waals surface area contributed by atoms with Crippen molar-refractivity contribution in [2.24, 2.45) is 0 Å². The van der Waals surface area contributed by atoms with Crippen LogP contribution in [-0.4, -0.2) is 14.2 Å². The second-order valence-corrected chi connectivity index (χ2v) is 5.94. The van der Waals surface area contributed by atoms with Crippen molar-refractivity contribution in [3.05, 3.63) is 62.6 Å². The standard InChI is InChI=1S/C16H17BrClNO/c1-10-8-11(4-6-14(10)18)16(19-2)13-9-12(17)5-7-15(13)20-3/h4-9,16,19H,1-3H3. The molecule has 0 saturated heterocycles. The average molecular weight is 355 g/mol. The van der Waals surface area contributed by atoms with Crippen LogP contribution in [0.1, 0.15) is 22.7 Å². The Hall–Kier alpha value is -1.03. The predicted octanol–water partition coefficient (Wildman–Crippen LogP) is 4.73. The second kappa shape index (κ2) is 6.61. The first kappa shape index (κ1) is 15.4. The van der Waals surface area contributed by atoms with Crippen molar-refractivity contribution in [3.63, 3.8) is 0 Å². The summed E-state index contributed by atoms with van der Waals surface area (Å²) < 4.78 is 6.50. The maximum absolute atomic E-state index is 6.11. The van der Waals surface area contributed by atoms with Gasteiger partial charge < -0.3 is 10.1 Å². The number of aryl methyl sites for hydroxylation is 1. The van der Waals surface area contributed by atoms with Crippen molar-refractivity contribution in [1.82, 2.24) is 5.32 Å². The molecular formula is C16H17BrClNO. The molecule has 0 aliphatic carbocycles. The van der Waals surface area contributed by atoms with Crippen LogP contribution in [0, 0.1) is 6.92 Å². The second-order valence-electron chi connectivity index (χ2n) is 4.62. The lowest BCUT2D eigenvalue weighted by atomic mass is 9.96. The van der Waals surface area contributed by atoms with Gasteiger partial charge in [0.1, 0.15) is 5.75 Å². The maximum atomic E-state index is 6.11. The van der Waals surface area contributed by atoms with Gasteiger partial charge in [-0.05, 0) is 49.4 Å². The van der Waals surface area contributed by atoms with Crippen molar-refractivity contribution in [3.8, 4) is 5.75 Å². The Bertz CT molecular complexity index is 615. The van der Waals surface area contributed by atoms with Crippen LogP contribution in [-0.2, 0) is 0 Å². The molecule has 106 valence electrons. The molecule has 1 atom stereocenters. The van der Waals surface area contributed by atoms with E-state index < -0.39 is 0 Å². The quantitative estimate of drug-likeness (QED) is 0.857. The highest BCUT2D eigenvalue weighted by Crippen LogP contribution is 2.33. The van der Waals surface area contributed by atoms with Gasteiger partial charge in [-0.25, -0.2) is 0 Å². The molecule has 0 heterocycles. The smallest absolute Gasteiger partial charge is 0.124 e. The molecule has 0 radical (unpaired) electrons. The van der Waals surface area contributed by atoms with E-state index in [1.54, 1.807) is 7.11 Å². The first-order valence-electron chi connectivity index (χ1n) is 6.33. The molecule has 0 saturated carbocycles. The van der Waals surface area contributed by atoms with Gasteiger partial charge in [0.15, 0.2) is 0 Å². The van der Waals surface area contributed by atoms with Gasteiger partial charge in [-0.3, -0.25) is 0 Å². The largest absolute Gasteiger partial charge is 0.496 e. The van der Waals surface area contributed by atoms with E-state index in [-0.39, 0.29) is 6.04 Å². The summed E-state index contributed by atoms with van der Waals surface area (Å²) >= 11 is 9.62. The summed E-state index contributed by atoms with van der Waals surface area (Å²) in [6, 6.07) is 12.1. The zero-order valence-corrected chi connectivity index (χ0v) is 14.0. The van der Waals surface area contributed by atoms with Gasteiger partial charge in [0.25, 0.3) is 0 Å². The van der Waals surface area contributed by atoms with E-state index in [9.17, 15) is 0 Å². The minimum absolute atomic E-state index is 0.0541. The number of hydrogen-bond acceptors (Lipinski definition) is 2. The number of halogens is 2. The highest BCUT2D eigenvalue weighted by molar-refractivity contribution is 9.10. The molecule has 0 bridgehead atoms. The molecular weight excluding hydrogens is 338 g/mol. The third kappa shape index (κ3) is 3.17. The topological polar surface area (TPSA) is 21.3 Å². The fourth-order valence-electron chi connectivity index (χ4n) is 2.28. The van der Waals surface area contributed by atoms with Crippen LogP contribution in [0.5, 0.6) is 5.75 Å². The van der Waals surface area contributed by atoms with Crippen LogP contribution >= 0.6 is 27.5 Å². The minimum Gasteiger partial charge on any atom is -0.496 e. The van der Waals surface area contributed by atoms with E-state index in [0.717, 1.165) is 31.9 Å². The Balaban J connectivity index is 2.51. The van der Waals surface area contributed by atoms with Gasteiger partial charge in [0.05, 0.1) is 13.2 Å². The Labute approximate surface area is 133 Å². The molecule has 2 aromatic carbocycles. The molecule has 0 fully saturated rings. The molecule has 2 nitrogen and oxygen atoms in total. The molecule has 4 heteroatoms. The van der Waals surface area contributed by atoms with Gasteiger partial charge in [-0.15, -0.1) is 0 Å². The summed E-state index contributed by atoms with van der Waals surface area (Å²) in [5.41, 5.74) is 3.32. The lowest BCUT2D eigenvalue weighted by Gasteiger charge is -2.21. The summed E-state index contributed by atoms with van der Waals surface area (Å²) in [5, 5.41) is 4.12. The molecule has 0 aliphatic heterocycles. The van der Waals surface area contributed by atoms with Crippen LogP contribution in [0.3, 0.4) is 0 Å². The summed E-state index contributed by atoms with van der Waals surface area (Å²) in [6.07, 6.45) is 0. The molecule has 0 aromatic heterocycles. The number of methoxy groups -OCH3 is 1. The molecule has 0 spiro atoms. The molecule has 20 heavy (non-hydrogen) atoms. The Morgan fingerprint density at radius 3 is 2.55 bits per heavy atom. The first-order valence-corrected chi connectivity index (χ1v) is 7.50. The number of nitrogens with one attached hydrogen (secondary N) is 1. The molecule has 0 aliphatic rings. The van der Waals surface area contributed by atoms with E-state index in [2.05, 4.69) is 33.4 Å². The fraction of sp³-hybridized carbons (Fsp3) is 0.250. The summed E-state index contributed by atoms with van der Waals surface area (Å²) in [7, 11) is 3.63. The first-order chi connectivity index (χ1) is 9.56. The fourth-order valence-corrected chi connectivity index (χ4v) is 2.78. The Kier molecular flexibility index (Phi) is 5.08. The van der Waals surface area contributed by atoms with Crippen molar-refractivity contribution in [2.45, 2.75) is 13.0 Å². The maximum Gasteiger partial charge on any atom is 0.124 e. The lowest BCUT2D eigenvalue weighted by Crippen LogP contribution is -2.18.